The predicted molar refractivity (Wildman–Crippen MR) is 93.6 cm³/mol. The molecule has 3 aliphatic heterocycles. The summed E-state index contributed by atoms with van der Waals surface area (Å²) in [6.07, 6.45) is 0.489. The van der Waals surface area contributed by atoms with E-state index in [-0.39, 0.29) is 13.1 Å². The van der Waals surface area contributed by atoms with Gasteiger partial charge in [0.05, 0.1) is 18.4 Å². The largest absolute Gasteiger partial charge is 0.442 e. The summed E-state index contributed by atoms with van der Waals surface area (Å²) in [6.45, 7) is 1.46. The van der Waals surface area contributed by atoms with Gasteiger partial charge >= 0.3 is 6.09 Å². The molecule has 3 aliphatic rings. The molecule has 4 heterocycles. The van der Waals surface area contributed by atoms with Crippen LogP contribution in [0.15, 0.2) is 23.4 Å². The van der Waals surface area contributed by atoms with Crippen LogP contribution in [0.3, 0.4) is 0 Å². The van der Waals surface area contributed by atoms with Gasteiger partial charge in [-0.05, 0) is 18.2 Å². The van der Waals surface area contributed by atoms with Gasteiger partial charge in [0.2, 0.25) is 0 Å². The van der Waals surface area contributed by atoms with E-state index in [1.807, 2.05) is 0 Å². The monoisotopic (exact) mass is 391 g/mol. The van der Waals surface area contributed by atoms with E-state index >= 15 is 0 Å². The third-order valence-corrected chi connectivity index (χ3v) is 5.02. The van der Waals surface area contributed by atoms with Crippen molar-refractivity contribution in [2.45, 2.75) is 19.4 Å². The first-order chi connectivity index (χ1) is 13.0. The first-order valence-corrected chi connectivity index (χ1v) is 8.90. The van der Waals surface area contributed by atoms with Crippen LogP contribution in [0.25, 0.3) is 10.6 Å². The molecule has 2 aromatic rings. The molecular formula is C16H14FN5O4S. The molecule has 1 aromatic carbocycles. The van der Waals surface area contributed by atoms with Crippen molar-refractivity contribution < 1.29 is 23.7 Å². The highest BCUT2D eigenvalue weighted by molar-refractivity contribution is 7.14. The lowest BCUT2D eigenvalue weighted by atomic mass is 10.2. The summed E-state index contributed by atoms with van der Waals surface area (Å²) >= 11 is 1.22. The Morgan fingerprint density at radius 1 is 1.33 bits per heavy atom. The molecule has 1 atom stereocenters. The van der Waals surface area contributed by atoms with Gasteiger partial charge in [0.1, 0.15) is 23.5 Å². The number of hydrogen-bond acceptors (Lipinski definition) is 8. The Morgan fingerprint density at radius 3 is 2.96 bits per heavy atom. The predicted octanol–water partition coefficient (Wildman–Crippen LogP) is 1.99. The molecule has 140 valence electrons. The smallest absolute Gasteiger partial charge is 0.414 e. The molecule has 1 fully saturated rings. The Balaban J connectivity index is 1.72. The Labute approximate surface area is 156 Å². The zero-order valence-electron chi connectivity index (χ0n) is 14.2. The van der Waals surface area contributed by atoms with Crippen molar-refractivity contribution in [2.75, 3.05) is 18.0 Å². The molecule has 0 saturated carbocycles. The number of halogens is 1. The van der Waals surface area contributed by atoms with Gasteiger partial charge in [-0.1, -0.05) is 16.5 Å². The average molecular weight is 391 g/mol. The molecule has 0 aliphatic carbocycles. The SMILES string of the molecule is CC(=O)N1CC2CN(C(=O)O2)c2ccc(c(F)c2)-c2nnc(s2)CC=NO1. The van der Waals surface area contributed by atoms with Crippen molar-refractivity contribution in [3.8, 4) is 10.6 Å². The second-order valence-electron chi connectivity index (χ2n) is 5.94. The van der Waals surface area contributed by atoms with Crippen molar-refractivity contribution in [2.24, 2.45) is 5.16 Å². The number of carbonyl (C=O) groups excluding carboxylic acids is 2. The summed E-state index contributed by atoms with van der Waals surface area (Å²) in [5, 5.41) is 13.8. The van der Waals surface area contributed by atoms with Crippen molar-refractivity contribution in [1.29, 1.82) is 0 Å². The molecule has 5 rings (SSSR count). The number of fused-ring (bicyclic) bond motifs is 6. The van der Waals surface area contributed by atoms with Gasteiger partial charge in [0.25, 0.3) is 5.91 Å². The molecule has 0 spiro atoms. The number of oxime groups is 1. The van der Waals surface area contributed by atoms with Crippen molar-refractivity contribution in [3.63, 3.8) is 0 Å². The number of benzene rings is 1. The summed E-state index contributed by atoms with van der Waals surface area (Å²) in [5.41, 5.74) is 0.656. The minimum Gasteiger partial charge on any atom is -0.442 e. The lowest BCUT2D eigenvalue weighted by Crippen LogP contribution is -2.37. The van der Waals surface area contributed by atoms with E-state index in [2.05, 4.69) is 15.4 Å². The van der Waals surface area contributed by atoms with E-state index in [1.165, 1.54) is 35.4 Å². The van der Waals surface area contributed by atoms with E-state index in [9.17, 15) is 14.0 Å². The molecule has 0 radical (unpaired) electrons. The van der Waals surface area contributed by atoms with Crippen LogP contribution in [0, 0.1) is 5.82 Å². The maximum atomic E-state index is 14.6. The Kier molecular flexibility index (Phi) is 4.44. The summed E-state index contributed by atoms with van der Waals surface area (Å²) in [4.78, 5) is 30.3. The van der Waals surface area contributed by atoms with Gasteiger partial charge < -0.3 is 4.74 Å². The van der Waals surface area contributed by atoms with Gasteiger partial charge in [-0.3, -0.25) is 14.6 Å². The van der Waals surface area contributed by atoms with Gasteiger partial charge in [0, 0.05) is 18.9 Å². The summed E-state index contributed by atoms with van der Waals surface area (Å²) < 4.78 is 19.9. The lowest BCUT2D eigenvalue weighted by Gasteiger charge is -2.19. The van der Waals surface area contributed by atoms with E-state index < -0.39 is 23.9 Å². The highest BCUT2D eigenvalue weighted by atomic mass is 32.1. The van der Waals surface area contributed by atoms with Crippen molar-refractivity contribution in [3.05, 3.63) is 29.0 Å². The van der Waals surface area contributed by atoms with Crippen LogP contribution in [0.4, 0.5) is 14.9 Å². The Hall–Kier alpha value is -3.08. The van der Waals surface area contributed by atoms with Crippen LogP contribution in [0.2, 0.25) is 0 Å². The fourth-order valence-corrected chi connectivity index (χ4v) is 3.55. The topological polar surface area (TPSA) is 97.2 Å². The summed E-state index contributed by atoms with van der Waals surface area (Å²) in [5.74, 6) is -0.905. The minimum atomic E-state index is -0.632. The fourth-order valence-electron chi connectivity index (χ4n) is 2.73. The number of carbonyl (C=O) groups is 2. The first kappa shape index (κ1) is 17.3. The molecule has 11 heteroatoms. The first-order valence-electron chi connectivity index (χ1n) is 8.09. The van der Waals surface area contributed by atoms with E-state index in [0.29, 0.717) is 27.7 Å². The fraction of sp³-hybridized carbons (Fsp3) is 0.312. The van der Waals surface area contributed by atoms with Gasteiger partial charge in [-0.2, -0.15) is 0 Å². The number of hydrogen-bond donors (Lipinski definition) is 0. The van der Waals surface area contributed by atoms with Gasteiger partial charge in [-0.25, -0.2) is 9.18 Å². The highest BCUT2D eigenvalue weighted by Crippen LogP contribution is 2.31. The molecule has 27 heavy (non-hydrogen) atoms. The maximum Gasteiger partial charge on any atom is 0.414 e. The average Bonchev–Trinajstić information content (AvgIpc) is 3.23. The van der Waals surface area contributed by atoms with Crippen LogP contribution >= 0.6 is 11.3 Å². The second-order valence-corrected chi connectivity index (χ2v) is 7.00. The van der Waals surface area contributed by atoms with Gasteiger partial charge in [0.15, 0.2) is 5.01 Å². The third-order valence-electron chi connectivity index (χ3n) is 4.04. The van der Waals surface area contributed by atoms with Crippen LogP contribution in [-0.2, 0) is 20.9 Å². The van der Waals surface area contributed by atoms with Crippen LogP contribution in [0.1, 0.15) is 11.9 Å². The third kappa shape index (κ3) is 3.45. The number of hydroxylamine groups is 2. The van der Waals surface area contributed by atoms with E-state index in [1.54, 1.807) is 12.1 Å². The number of ether oxygens (including phenoxy) is 1. The standard InChI is InChI=1S/C16H14FN5O4S/c1-9(23)22-8-11-7-21(16(24)25-11)10-2-3-12(13(17)6-10)15-20-19-14(27-15)4-5-18-26-22/h2-3,5-6,11H,4,7-8H2,1H3. The van der Waals surface area contributed by atoms with E-state index in [0.717, 1.165) is 5.06 Å². The second kappa shape index (κ2) is 6.91. The molecule has 6 bridgehead atoms. The van der Waals surface area contributed by atoms with Gasteiger partial charge in [-0.15, -0.1) is 15.3 Å². The van der Waals surface area contributed by atoms with E-state index in [4.69, 9.17) is 9.68 Å². The quantitative estimate of drug-likeness (QED) is 0.681. The number of nitrogens with zero attached hydrogens (tertiary/aromatic N) is 5. The highest BCUT2D eigenvalue weighted by Gasteiger charge is 2.35. The lowest BCUT2D eigenvalue weighted by molar-refractivity contribution is -0.189. The number of rotatable bonds is 0. The van der Waals surface area contributed by atoms with Crippen molar-refractivity contribution >= 4 is 35.2 Å². The summed E-state index contributed by atoms with van der Waals surface area (Å²) in [6, 6.07) is 4.43. The Bertz CT molecular complexity index is 933. The molecule has 9 nitrogen and oxygen atoms in total. The van der Waals surface area contributed by atoms with Crippen molar-refractivity contribution in [1.82, 2.24) is 15.3 Å². The zero-order valence-corrected chi connectivity index (χ0v) is 15.0. The molecular weight excluding hydrogens is 377 g/mol. The maximum absolute atomic E-state index is 14.6. The number of aromatic nitrogens is 2. The summed E-state index contributed by atoms with van der Waals surface area (Å²) in [7, 11) is 0. The molecule has 2 amide bonds. The molecule has 0 N–H and O–H groups in total. The zero-order chi connectivity index (χ0) is 19.0. The number of amides is 2. The normalized spacial score (nSPS) is 19.2. The van der Waals surface area contributed by atoms with Crippen LogP contribution in [0.5, 0.6) is 0 Å². The number of anilines is 1. The van der Waals surface area contributed by atoms with Crippen LogP contribution < -0.4 is 4.90 Å². The molecule has 1 unspecified atom stereocenters. The minimum absolute atomic E-state index is 0.00155. The van der Waals surface area contributed by atoms with Crippen LogP contribution in [-0.4, -0.2) is 52.7 Å². The molecule has 1 saturated heterocycles. The molecule has 1 aromatic heterocycles. The Morgan fingerprint density at radius 2 is 2.19 bits per heavy atom.